The summed E-state index contributed by atoms with van der Waals surface area (Å²) in [4.78, 5) is 24.9. The number of unbranched alkanes of at least 4 members (excludes halogenated alkanes) is 1. The Morgan fingerprint density at radius 3 is 2.31 bits per heavy atom. The third-order valence-corrected chi connectivity index (χ3v) is 6.29. The van der Waals surface area contributed by atoms with Crippen LogP contribution in [0.15, 0.2) is 47.4 Å². The fraction of sp³-hybridized carbons (Fsp3) is 0.364. The Hall–Kier alpha value is -3.11. The van der Waals surface area contributed by atoms with Gasteiger partial charge >= 0.3 is 0 Å². The van der Waals surface area contributed by atoms with E-state index in [1.807, 2.05) is 0 Å². The van der Waals surface area contributed by atoms with Crippen LogP contribution in [0.4, 0.5) is 0 Å². The number of rotatable bonds is 10. The van der Waals surface area contributed by atoms with E-state index in [0.717, 1.165) is 25.7 Å². The lowest BCUT2D eigenvalue weighted by molar-refractivity contribution is 0.0846. The quantitative estimate of drug-likeness (QED) is 0.369. The number of amides is 2. The fourth-order valence-corrected chi connectivity index (χ4v) is 4.16. The number of sulfonamides is 1. The molecular weight excluding hydrogens is 434 g/mol. The summed E-state index contributed by atoms with van der Waals surface area (Å²) >= 11 is 0. The summed E-state index contributed by atoms with van der Waals surface area (Å²) in [5.41, 5.74) is 4.98. The van der Waals surface area contributed by atoms with Crippen LogP contribution in [0.5, 0.6) is 11.5 Å². The maximum atomic E-state index is 12.4. The Kier molecular flexibility index (Phi) is 7.70. The van der Waals surface area contributed by atoms with Gasteiger partial charge in [0.2, 0.25) is 10.0 Å². The van der Waals surface area contributed by atoms with E-state index in [9.17, 15) is 18.0 Å². The number of methoxy groups -OCH3 is 1. The minimum absolute atomic E-state index is 0.00762. The SMILES string of the molecule is CCCCOc1ccc(C(=O)NNC(=O)c2cccc(S(=O)(=O)NC3CC3)c2)cc1OC. The molecule has 0 bridgehead atoms. The van der Waals surface area contributed by atoms with Crippen LogP contribution < -0.4 is 25.0 Å². The fourth-order valence-electron chi connectivity index (χ4n) is 2.81. The van der Waals surface area contributed by atoms with Crippen molar-refractivity contribution in [2.75, 3.05) is 13.7 Å². The van der Waals surface area contributed by atoms with Crippen molar-refractivity contribution in [1.29, 1.82) is 0 Å². The number of hydrogen-bond donors (Lipinski definition) is 3. The Morgan fingerprint density at radius 1 is 1.00 bits per heavy atom. The smallest absolute Gasteiger partial charge is 0.269 e. The first-order valence-corrected chi connectivity index (χ1v) is 11.9. The first-order valence-electron chi connectivity index (χ1n) is 10.4. The molecule has 0 aliphatic heterocycles. The van der Waals surface area contributed by atoms with Gasteiger partial charge in [-0.05, 0) is 55.7 Å². The second-order valence-electron chi connectivity index (χ2n) is 7.40. The molecular formula is C22H27N3O6S. The van der Waals surface area contributed by atoms with E-state index in [1.54, 1.807) is 12.1 Å². The monoisotopic (exact) mass is 461 g/mol. The van der Waals surface area contributed by atoms with Crippen LogP contribution in [0.3, 0.4) is 0 Å². The van der Waals surface area contributed by atoms with Gasteiger partial charge in [0.1, 0.15) is 0 Å². The van der Waals surface area contributed by atoms with Crippen LogP contribution in [0, 0.1) is 0 Å². The average Bonchev–Trinajstić information content (AvgIpc) is 3.61. The van der Waals surface area contributed by atoms with Crippen LogP contribution in [0.25, 0.3) is 0 Å². The maximum Gasteiger partial charge on any atom is 0.269 e. The maximum absolute atomic E-state index is 12.4. The van der Waals surface area contributed by atoms with Crippen molar-refractivity contribution < 1.29 is 27.5 Å². The van der Waals surface area contributed by atoms with Gasteiger partial charge in [-0.25, -0.2) is 13.1 Å². The van der Waals surface area contributed by atoms with Crippen LogP contribution in [-0.2, 0) is 10.0 Å². The molecule has 1 saturated carbocycles. The highest BCUT2D eigenvalue weighted by atomic mass is 32.2. The third kappa shape index (κ3) is 6.21. The minimum Gasteiger partial charge on any atom is -0.493 e. The molecule has 0 unspecified atom stereocenters. The predicted octanol–water partition coefficient (Wildman–Crippen LogP) is 2.39. The molecule has 2 aromatic rings. The molecule has 1 fully saturated rings. The van der Waals surface area contributed by atoms with E-state index in [4.69, 9.17) is 9.47 Å². The van der Waals surface area contributed by atoms with Crippen LogP contribution in [0.1, 0.15) is 53.3 Å². The van der Waals surface area contributed by atoms with Crippen molar-refractivity contribution in [3.63, 3.8) is 0 Å². The van der Waals surface area contributed by atoms with Gasteiger partial charge in [0, 0.05) is 17.2 Å². The Bertz CT molecular complexity index is 1080. The molecule has 172 valence electrons. The van der Waals surface area contributed by atoms with E-state index >= 15 is 0 Å². The highest BCUT2D eigenvalue weighted by molar-refractivity contribution is 7.89. The first-order chi connectivity index (χ1) is 15.3. The summed E-state index contributed by atoms with van der Waals surface area (Å²) in [5, 5.41) is 0. The Balaban J connectivity index is 1.62. The van der Waals surface area contributed by atoms with Crippen molar-refractivity contribution in [3.05, 3.63) is 53.6 Å². The molecule has 0 saturated heterocycles. The molecule has 0 atom stereocenters. The summed E-state index contributed by atoms with van der Waals surface area (Å²) in [7, 11) is -2.21. The van der Waals surface area contributed by atoms with Crippen LogP contribution in [0.2, 0.25) is 0 Å². The zero-order valence-corrected chi connectivity index (χ0v) is 18.8. The summed E-state index contributed by atoms with van der Waals surface area (Å²) < 4.78 is 38.2. The molecule has 0 heterocycles. The van der Waals surface area contributed by atoms with Crippen LogP contribution >= 0.6 is 0 Å². The van der Waals surface area contributed by atoms with E-state index in [0.29, 0.717) is 18.1 Å². The van der Waals surface area contributed by atoms with Gasteiger partial charge in [0.05, 0.1) is 18.6 Å². The second-order valence-corrected chi connectivity index (χ2v) is 9.11. The second kappa shape index (κ2) is 10.5. The zero-order chi connectivity index (χ0) is 23.1. The minimum atomic E-state index is -3.69. The molecule has 32 heavy (non-hydrogen) atoms. The van der Waals surface area contributed by atoms with Gasteiger partial charge in [0.25, 0.3) is 11.8 Å². The van der Waals surface area contributed by atoms with Gasteiger partial charge in [-0.3, -0.25) is 20.4 Å². The number of carbonyl (C=O) groups is 2. The van der Waals surface area contributed by atoms with Gasteiger partial charge in [-0.2, -0.15) is 0 Å². The third-order valence-electron chi connectivity index (χ3n) is 4.78. The number of benzene rings is 2. The highest BCUT2D eigenvalue weighted by Gasteiger charge is 2.28. The molecule has 3 N–H and O–H groups in total. The van der Waals surface area contributed by atoms with Crippen molar-refractivity contribution in [1.82, 2.24) is 15.6 Å². The normalized spacial score (nSPS) is 13.3. The summed E-state index contributed by atoms with van der Waals surface area (Å²) in [6, 6.07) is 10.3. The number of ether oxygens (including phenoxy) is 2. The molecule has 1 aliphatic carbocycles. The molecule has 2 amide bonds. The van der Waals surface area contributed by atoms with Gasteiger partial charge in [-0.1, -0.05) is 19.4 Å². The predicted molar refractivity (Wildman–Crippen MR) is 118 cm³/mol. The lowest BCUT2D eigenvalue weighted by Crippen LogP contribution is -2.41. The van der Waals surface area contributed by atoms with Gasteiger partial charge < -0.3 is 9.47 Å². The number of nitrogens with one attached hydrogen (secondary N) is 3. The standard InChI is InChI=1S/C22H27N3O6S/c1-3-4-12-31-19-11-8-16(14-20(19)30-2)22(27)24-23-21(26)15-6-5-7-18(13-15)32(28,29)25-17-9-10-17/h5-8,11,13-14,17,25H,3-4,9-10,12H2,1-2H3,(H,23,26)(H,24,27). The van der Waals surface area contributed by atoms with Crippen molar-refractivity contribution in [3.8, 4) is 11.5 Å². The number of carbonyl (C=O) groups excluding carboxylic acids is 2. The van der Waals surface area contributed by atoms with Crippen LogP contribution in [-0.4, -0.2) is 40.0 Å². The molecule has 3 rings (SSSR count). The molecule has 10 heteroatoms. The van der Waals surface area contributed by atoms with Gasteiger partial charge in [0.15, 0.2) is 11.5 Å². The first kappa shape index (κ1) is 23.6. The van der Waals surface area contributed by atoms with Crippen molar-refractivity contribution in [2.45, 2.75) is 43.5 Å². The van der Waals surface area contributed by atoms with Crippen molar-refractivity contribution >= 4 is 21.8 Å². The number of hydrazine groups is 1. The van der Waals surface area contributed by atoms with Crippen molar-refractivity contribution in [2.24, 2.45) is 0 Å². The van der Waals surface area contributed by atoms with E-state index in [2.05, 4.69) is 22.5 Å². The molecule has 9 nitrogen and oxygen atoms in total. The Labute approximate surface area is 187 Å². The molecule has 0 aromatic heterocycles. The van der Waals surface area contributed by atoms with E-state index < -0.39 is 21.8 Å². The lowest BCUT2D eigenvalue weighted by atomic mass is 10.2. The summed E-state index contributed by atoms with van der Waals surface area (Å²) in [5.74, 6) is -0.273. The zero-order valence-electron chi connectivity index (χ0n) is 18.0. The summed E-state index contributed by atoms with van der Waals surface area (Å²) in [6.07, 6.45) is 3.51. The largest absolute Gasteiger partial charge is 0.493 e. The van der Waals surface area contributed by atoms with Gasteiger partial charge in [-0.15, -0.1) is 0 Å². The summed E-state index contributed by atoms with van der Waals surface area (Å²) in [6.45, 7) is 2.60. The molecule has 2 aromatic carbocycles. The highest BCUT2D eigenvalue weighted by Crippen LogP contribution is 2.28. The lowest BCUT2D eigenvalue weighted by Gasteiger charge is -2.13. The van der Waals surface area contributed by atoms with E-state index in [-0.39, 0.29) is 22.1 Å². The topological polar surface area (TPSA) is 123 Å². The molecule has 0 spiro atoms. The molecule has 1 aliphatic rings. The molecule has 0 radical (unpaired) electrons. The average molecular weight is 462 g/mol. The Morgan fingerprint density at radius 2 is 1.69 bits per heavy atom. The van der Waals surface area contributed by atoms with E-state index in [1.165, 1.54) is 37.4 Å². The number of hydrogen-bond acceptors (Lipinski definition) is 6.